The Kier molecular flexibility index (Phi) is 5.79. The van der Waals surface area contributed by atoms with E-state index in [1.54, 1.807) is 42.5 Å². The summed E-state index contributed by atoms with van der Waals surface area (Å²) in [5.41, 5.74) is 2.53. The van der Waals surface area contributed by atoms with E-state index >= 15 is 0 Å². The molecule has 0 spiro atoms. The van der Waals surface area contributed by atoms with E-state index in [1.807, 2.05) is 48.5 Å². The maximum atomic E-state index is 9.88. The van der Waals surface area contributed by atoms with Crippen molar-refractivity contribution >= 4 is 5.57 Å². The molecule has 168 valence electrons. The highest BCUT2D eigenvalue weighted by Crippen LogP contribution is 2.39. The van der Waals surface area contributed by atoms with Gasteiger partial charge in [-0.25, -0.2) is 0 Å². The van der Waals surface area contributed by atoms with Crippen LogP contribution in [-0.4, -0.2) is 10.2 Å². The molecule has 4 nitrogen and oxygen atoms in total. The van der Waals surface area contributed by atoms with Crippen LogP contribution in [0.4, 0.5) is 0 Å². The Morgan fingerprint density at radius 2 is 1.32 bits per heavy atom. The van der Waals surface area contributed by atoms with E-state index in [4.69, 9.17) is 9.47 Å². The Morgan fingerprint density at radius 1 is 0.647 bits per heavy atom. The summed E-state index contributed by atoms with van der Waals surface area (Å²) >= 11 is 0. The molecular weight excluding hydrogens is 424 g/mol. The van der Waals surface area contributed by atoms with Crippen molar-refractivity contribution in [3.8, 4) is 28.7 Å². The molecule has 0 radical (unpaired) electrons. The van der Waals surface area contributed by atoms with Crippen molar-refractivity contribution < 1.29 is 19.7 Å². The third-order valence-corrected chi connectivity index (χ3v) is 5.78. The van der Waals surface area contributed by atoms with Crippen LogP contribution < -0.4 is 9.47 Å². The zero-order valence-electron chi connectivity index (χ0n) is 18.5. The number of phenolic OH excluding ortho intramolecular Hbond substituents is 2. The number of phenols is 2. The highest BCUT2D eigenvalue weighted by molar-refractivity contribution is 5.76. The van der Waals surface area contributed by atoms with Crippen molar-refractivity contribution in [2.75, 3.05) is 0 Å². The van der Waals surface area contributed by atoms with E-state index in [9.17, 15) is 10.2 Å². The first-order valence-electron chi connectivity index (χ1n) is 11.1. The van der Waals surface area contributed by atoms with Gasteiger partial charge in [-0.3, -0.25) is 0 Å². The summed E-state index contributed by atoms with van der Waals surface area (Å²) in [6.45, 7) is 0. The summed E-state index contributed by atoms with van der Waals surface area (Å²) in [5.74, 6) is 2.23. The normalized spacial score (nSPS) is 17.1. The van der Waals surface area contributed by atoms with Gasteiger partial charge in [0.2, 0.25) is 0 Å². The predicted molar refractivity (Wildman–Crippen MR) is 133 cm³/mol. The van der Waals surface area contributed by atoms with E-state index in [0.29, 0.717) is 23.7 Å². The quantitative estimate of drug-likeness (QED) is 0.327. The van der Waals surface area contributed by atoms with Gasteiger partial charge in [-0.05, 0) is 59.2 Å². The van der Waals surface area contributed by atoms with Gasteiger partial charge in [-0.1, -0.05) is 66.7 Å². The van der Waals surface area contributed by atoms with Crippen LogP contribution in [0.3, 0.4) is 0 Å². The van der Waals surface area contributed by atoms with Gasteiger partial charge in [0.15, 0.2) is 5.60 Å². The van der Waals surface area contributed by atoms with Crippen molar-refractivity contribution in [3.63, 3.8) is 0 Å². The minimum Gasteiger partial charge on any atom is -0.508 e. The van der Waals surface area contributed by atoms with E-state index in [2.05, 4.69) is 30.4 Å². The Labute approximate surface area is 198 Å². The Balaban J connectivity index is 1.37. The first-order valence-corrected chi connectivity index (χ1v) is 11.1. The number of rotatable bonds is 6. The summed E-state index contributed by atoms with van der Waals surface area (Å²) < 4.78 is 12.3. The molecule has 5 rings (SSSR count). The van der Waals surface area contributed by atoms with Crippen molar-refractivity contribution in [2.24, 2.45) is 0 Å². The lowest BCUT2D eigenvalue weighted by molar-refractivity contribution is 0.121. The molecule has 1 aliphatic rings. The van der Waals surface area contributed by atoms with Gasteiger partial charge in [-0.2, -0.15) is 0 Å². The lowest BCUT2D eigenvalue weighted by Gasteiger charge is -2.34. The molecule has 0 saturated heterocycles. The maximum absolute atomic E-state index is 9.88. The summed E-state index contributed by atoms with van der Waals surface area (Å²) in [6.07, 6.45) is 6.96. The molecule has 0 bridgehead atoms. The number of hydrogen-bond donors (Lipinski definition) is 2. The minimum absolute atomic E-state index is 0.168. The summed E-state index contributed by atoms with van der Waals surface area (Å²) in [5, 5.41) is 19.5. The van der Waals surface area contributed by atoms with Gasteiger partial charge in [-0.15, -0.1) is 0 Å². The molecule has 2 N–H and O–H groups in total. The summed E-state index contributed by atoms with van der Waals surface area (Å²) in [7, 11) is 0. The van der Waals surface area contributed by atoms with Gasteiger partial charge in [0.1, 0.15) is 28.7 Å². The first-order chi connectivity index (χ1) is 16.6. The maximum Gasteiger partial charge on any atom is 0.156 e. The van der Waals surface area contributed by atoms with Crippen LogP contribution >= 0.6 is 0 Å². The third kappa shape index (κ3) is 4.66. The second kappa shape index (κ2) is 9.20. The van der Waals surface area contributed by atoms with Gasteiger partial charge in [0.05, 0.1) is 0 Å². The van der Waals surface area contributed by atoms with E-state index < -0.39 is 5.60 Å². The molecule has 0 aromatic heterocycles. The lowest BCUT2D eigenvalue weighted by atomic mass is 9.84. The Morgan fingerprint density at radius 3 is 1.97 bits per heavy atom. The molecule has 1 atom stereocenters. The van der Waals surface area contributed by atoms with Crippen molar-refractivity contribution in [2.45, 2.75) is 12.0 Å². The van der Waals surface area contributed by atoms with Crippen molar-refractivity contribution in [1.29, 1.82) is 0 Å². The van der Waals surface area contributed by atoms with Crippen LogP contribution in [0.2, 0.25) is 0 Å². The van der Waals surface area contributed by atoms with Crippen molar-refractivity contribution in [1.82, 2.24) is 0 Å². The molecule has 4 heteroatoms. The number of benzene rings is 4. The molecule has 34 heavy (non-hydrogen) atoms. The Hall–Kier alpha value is -4.44. The SMILES string of the molecule is Oc1cccc(Oc2ccc(C3=CCC(Oc4cccc(O)c4)(c4ccccc4)C=C3)cc2)c1. The van der Waals surface area contributed by atoms with Crippen LogP contribution in [0.5, 0.6) is 28.7 Å². The van der Waals surface area contributed by atoms with Crippen LogP contribution in [0.25, 0.3) is 5.57 Å². The minimum atomic E-state index is -0.670. The number of ether oxygens (including phenoxy) is 2. The van der Waals surface area contributed by atoms with Gasteiger partial charge < -0.3 is 19.7 Å². The standard InChI is InChI=1S/C30H24O4/c31-25-8-4-10-28(20-25)33-27-14-12-22(13-15-27)23-16-18-30(19-17-23,24-6-2-1-3-7-24)34-29-11-5-9-26(32)21-29/h1-18,20-21,31-32H,19H2. The van der Waals surface area contributed by atoms with E-state index in [-0.39, 0.29) is 11.5 Å². The molecule has 1 aliphatic carbocycles. The van der Waals surface area contributed by atoms with E-state index in [1.165, 1.54) is 0 Å². The first kappa shape index (κ1) is 21.4. The van der Waals surface area contributed by atoms with Crippen LogP contribution in [0.15, 0.2) is 121 Å². The number of allylic oxidation sites excluding steroid dienone is 2. The zero-order valence-corrected chi connectivity index (χ0v) is 18.5. The second-order valence-corrected chi connectivity index (χ2v) is 8.18. The van der Waals surface area contributed by atoms with Crippen molar-refractivity contribution in [3.05, 3.63) is 132 Å². The number of hydrogen-bond acceptors (Lipinski definition) is 4. The fraction of sp³-hybridized carbons (Fsp3) is 0.0667. The summed E-state index contributed by atoms with van der Waals surface area (Å²) in [6, 6.07) is 31.6. The molecule has 0 saturated carbocycles. The molecule has 4 aromatic carbocycles. The van der Waals surface area contributed by atoms with E-state index in [0.717, 1.165) is 16.7 Å². The topological polar surface area (TPSA) is 58.9 Å². The lowest BCUT2D eigenvalue weighted by Crippen LogP contribution is -2.31. The largest absolute Gasteiger partial charge is 0.508 e. The van der Waals surface area contributed by atoms with Crippen LogP contribution in [-0.2, 0) is 5.60 Å². The molecule has 0 fully saturated rings. The summed E-state index contributed by atoms with van der Waals surface area (Å²) in [4.78, 5) is 0. The fourth-order valence-corrected chi connectivity index (χ4v) is 4.06. The number of aromatic hydroxyl groups is 2. The highest BCUT2D eigenvalue weighted by Gasteiger charge is 2.33. The molecule has 0 amide bonds. The molecule has 4 aromatic rings. The fourth-order valence-electron chi connectivity index (χ4n) is 4.06. The molecule has 0 aliphatic heterocycles. The van der Waals surface area contributed by atoms with Gasteiger partial charge in [0.25, 0.3) is 0 Å². The monoisotopic (exact) mass is 448 g/mol. The highest BCUT2D eigenvalue weighted by atomic mass is 16.5. The third-order valence-electron chi connectivity index (χ3n) is 5.78. The molecule has 1 unspecified atom stereocenters. The average molecular weight is 449 g/mol. The van der Waals surface area contributed by atoms with Gasteiger partial charge >= 0.3 is 0 Å². The van der Waals surface area contributed by atoms with Crippen LogP contribution in [0.1, 0.15) is 17.5 Å². The average Bonchev–Trinajstić information content (AvgIpc) is 2.86. The molecule has 0 heterocycles. The predicted octanol–water partition coefficient (Wildman–Crippen LogP) is 7.21. The smallest absolute Gasteiger partial charge is 0.156 e. The van der Waals surface area contributed by atoms with Gasteiger partial charge in [0, 0.05) is 18.6 Å². The van der Waals surface area contributed by atoms with Crippen LogP contribution in [0, 0.1) is 0 Å². The Bertz CT molecular complexity index is 1340. The zero-order chi connectivity index (χ0) is 23.4. The second-order valence-electron chi connectivity index (χ2n) is 8.18. The molecular formula is C30H24O4.